The molecule has 25 heavy (non-hydrogen) atoms. The van der Waals surface area contributed by atoms with Crippen LogP contribution in [0.15, 0.2) is 53.8 Å². The van der Waals surface area contributed by atoms with Gasteiger partial charge in [-0.3, -0.25) is 0 Å². The highest BCUT2D eigenvalue weighted by Gasteiger charge is 2.48. The zero-order valence-corrected chi connectivity index (χ0v) is 13.4. The third-order valence-electron chi connectivity index (χ3n) is 3.75. The zero-order chi connectivity index (χ0) is 18.4. The van der Waals surface area contributed by atoms with Gasteiger partial charge in [-0.05, 0) is 10.8 Å². The Labute approximate surface area is 141 Å². The molecule has 5 nitrogen and oxygen atoms in total. The van der Waals surface area contributed by atoms with Crippen LogP contribution in [0.2, 0.25) is 0 Å². The van der Waals surface area contributed by atoms with Crippen LogP contribution in [0.5, 0.6) is 0 Å². The van der Waals surface area contributed by atoms with Crippen LogP contribution in [0.1, 0.15) is 19.4 Å². The van der Waals surface area contributed by atoms with E-state index in [4.69, 9.17) is 9.47 Å². The molecule has 2 aromatic carbocycles. The molecule has 1 aliphatic heterocycles. The molecular weight excluding hydrogens is 334 g/mol. The van der Waals surface area contributed by atoms with Crippen LogP contribution in [0.3, 0.4) is 0 Å². The maximum absolute atomic E-state index is 14.9. The lowest BCUT2D eigenvalue weighted by atomic mass is 9.96. The summed E-state index contributed by atoms with van der Waals surface area (Å²) in [5.74, 6) is -10.0. The van der Waals surface area contributed by atoms with Crippen molar-refractivity contribution in [2.24, 2.45) is 0 Å². The van der Waals surface area contributed by atoms with Crippen LogP contribution < -0.4 is 0 Å². The molecule has 1 heterocycles. The highest BCUT2D eigenvalue weighted by Crippen LogP contribution is 2.41. The summed E-state index contributed by atoms with van der Waals surface area (Å²) in [4.78, 5) is 23.9. The second-order valence-corrected chi connectivity index (χ2v) is 6.00. The lowest BCUT2D eigenvalue weighted by Crippen LogP contribution is -2.43. The Bertz CT molecular complexity index is 887. The Balaban J connectivity index is 2.16. The van der Waals surface area contributed by atoms with Gasteiger partial charge >= 0.3 is 17.9 Å². The van der Waals surface area contributed by atoms with Crippen molar-refractivity contribution >= 4 is 22.7 Å². The van der Waals surface area contributed by atoms with Crippen molar-refractivity contribution < 1.29 is 33.0 Å². The minimum atomic E-state index is -3.99. The lowest BCUT2D eigenvalue weighted by molar-refractivity contribution is -0.223. The van der Waals surface area contributed by atoms with E-state index in [0.29, 0.717) is 5.39 Å². The number of cyclic esters (lactones) is 2. The average Bonchev–Trinajstić information content (AvgIpc) is 2.52. The fourth-order valence-electron chi connectivity index (χ4n) is 2.63. The molecule has 0 aromatic heterocycles. The van der Waals surface area contributed by atoms with Crippen LogP contribution in [-0.2, 0) is 25.0 Å². The maximum atomic E-state index is 14.9. The summed E-state index contributed by atoms with van der Waals surface area (Å²) in [7, 11) is 0. The molecule has 1 saturated heterocycles. The van der Waals surface area contributed by atoms with Crippen molar-refractivity contribution in [3.63, 3.8) is 0 Å². The van der Waals surface area contributed by atoms with E-state index in [2.05, 4.69) is 0 Å². The molecule has 0 atom stereocenters. The number of alkyl halides is 2. The van der Waals surface area contributed by atoms with Crippen molar-refractivity contribution in [1.82, 2.24) is 0 Å². The fraction of sp³-hybridized carbons (Fsp3) is 0.222. The van der Waals surface area contributed by atoms with Crippen molar-refractivity contribution in [2.45, 2.75) is 25.6 Å². The number of hydrogen-bond donors (Lipinski definition) is 1. The first-order valence-electron chi connectivity index (χ1n) is 7.40. The van der Waals surface area contributed by atoms with E-state index < -0.39 is 40.5 Å². The number of rotatable bonds is 2. The number of esters is 2. The summed E-state index contributed by atoms with van der Waals surface area (Å²) >= 11 is 0. The summed E-state index contributed by atoms with van der Waals surface area (Å²) in [5.41, 5.74) is -1.75. The Morgan fingerprint density at radius 2 is 1.56 bits per heavy atom. The molecule has 0 saturated carbocycles. The van der Waals surface area contributed by atoms with E-state index in [1.54, 1.807) is 24.3 Å². The first kappa shape index (κ1) is 16.9. The molecule has 0 aliphatic carbocycles. The Morgan fingerprint density at radius 1 is 1.00 bits per heavy atom. The van der Waals surface area contributed by atoms with Crippen molar-refractivity contribution in [2.75, 3.05) is 0 Å². The first-order chi connectivity index (χ1) is 11.6. The van der Waals surface area contributed by atoms with Gasteiger partial charge in [-0.2, -0.15) is 8.78 Å². The van der Waals surface area contributed by atoms with Gasteiger partial charge < -0.3 is 14.6 Å². The quantitative estimate of drug-likeness (QED) is 0.389. The van der Waals surface area contributed by atoms with Gasteiger partial charge in [-0.15, -0.1) is 0 Å². The summed E-state index contributed by atoms with van der Waals surface area (Å²) in [6.07, 6.45) is 0. The predicted molar refractivity (Wildman–Crippen MR) is 83.8 cm³/mol. The molecule has 0 unspecified atom stereocenters. The number of benzene rings is 2. The number of allylic oxidation sites excluding steroid dienone is 1. The molecule has 0 radical (unpaired) electrons. The van der Waals surface area contributed by atoms with E-state index in [1.165, 1.54) is 26.0 Å². The van der Waals surface area contributed by atoms with Crippen LogP contribution in [0, 0.1) is 0 Å². The number of aliphatic hydroxyl groups excluding tert-OH is 1. The first-order valence-corrected chi connectivity index (χ1v) is 7.40. The molecule has 0 amide bonds. The van der Waals surface area contributed by atoms with Crippen molar-refractivity contribution in [3.8, 4) is 0 Å². The van der Waals surface area contributed by atoms with Gasteiger partial charge in [0, 0.05) is 19.4 Å². The summed E-state index contributed by atoms with van der Waals surface area (Å²) in [6.45, 7) is 2.55. The zero-order valence-electron chi connectivity index (χ0n) is 13.4. The van der Waals surface area contributed by atoms with Gasteiger partial charge in [-0.1, -0.05) is 42.5 Å². The number of hydrogen-bond acceptors (Lipinski definition) is 5. The number of ether oxygens (including phenoxy) is 2. The molecule has 2 aromatic rings. The molecule has 0 bridgehead atoms. The molecule has 3 rings (SSSR count). The predicted octanol–water partition coefficient (Wildman–Crippen LogP) is 3.58. The monoisotopic (exact) mass is 348 g/mol. The minimum Gasteiger partial charge on any atom is -0.505 e. The highest BCUT2D eigenvalue weighted by molar-refractivity contribution is 6.16. The van der Waals surface area contributed by atoms with Crippen LogP contribution >= 0.6 is 0 Å². The molecule has 1 N–H and O–H groups in total. The normalized spacial score (nSPS) is 17.2. The topological polar surface area (TPSA) is 72.8 Å². The van der Waals surface area contributed by atoms with E-state index in [-0.39, 0.29) is 5.39 Å². The van der Waals surface area contributed by atoms with Gasteiger partial charge in [0.15, 0.2) is 11.3 Å². The molecule has 130 valence electrons. The fourth-order valence-corrected chi connectivity index (χ4v) is 2.63. The van der Waals surface area contributed by atoms with E-state index in [0.717, 1.165) is 6.07 Å². The average molecular weight is 348 g/mol. The second kappa shape index (κ2) is 5.54. The Kier molecular flexibility index (Phi) is 3.74. The summed E-state index contributed by atoms with van der Waals surface area (Å²) in [5, 5.41) is 10.8. The van der Waals surface area contributed by atoms with Gasteiger partial charge in [0.25, 0.3) is 5.79 Å². The second-order valence-electron chi connectivity index (χ2n) is 6.00. The summed E-state index contributed by atoms with van der Waals surface area (Å²) < 4.78 is 39.3. The Hall–Kier alpha value is -2.96. The minimum absolute atomic E-state index is 0.181. The van der Waals surface area contributed by atoms with Gasteiger partial charge in [0.1, 0.15) is 0 Å². The van der Waals surface area contributed by atoms with Crippen LogP contribution in [-0.4, -0.2) is 22.8 Å². The Morgan fingerprint density at radius 3 is 2.20 bits per heavy atom. The van der Waals surface area contributed by atoms with Crippen molar-refractivity contribution in [1.29, 1.82) is 0 Å². The van der Waals surface area contributed by atoms with Gasteiger partial charge in [0.05, 0.1) is 0 Å². The number of aliphatic hydroxyl groups is 1. The molecular formula is C18H14F2O5. The van der Waals surface area contributed by atoms with E-state index in [1.807, 2.05) is 0 Å². The molecule has 1 aliphatic rings. The van der Waals surface area contributed by atoms with E-state index >= 15 is 0 Å². The number of carbonyl (C=O) groups is 2. The van der Waals surface area contributed by atoms with Crippen LogP contribution in [0.4, 0.5) is 8.78 Å². The SMILES string of the molecule is CC1(C)OC(=O)C(=C(O)C(F)(F)c2cccc3ccccc23)C(=O)O1. The largest absolute Gasteiger partial charge is 0.505 e. The molecule has 1 fully saturated rings. The third kappa shape index (κ3) is 2.82. The molecule has 0 spiro atoms. The van der Waals surface area contributed by atoms with Gasteiger partial charge in [-0.25, -0.2) is 9.59 Å². The maximum Gasteiger partial charge on any atom is 0.352 e. The number of fused-ring (bicyclic) bond motifs is 1. The number of carbonyl (C=O) groups excluding carboxylic acids is 2. The summed E-state index contributed by atoms with van der Waals surface area (Å²) in [6, 6.07) is 10.5. The highest BCUT2D eigenvalue weighted by atomic mass is 19.3. The number of halogens is 2. The third-order valence-corrected chi connectivity index (χ3v) is 3.75. The van der Waals surface area contributed by atoms with Gasteiger partial charge in [0.2, 0.25) is 0 Å². The molecule has 7 heteroatoms. The smallest absolute Gasteiger partial charge is 0.352 e. The van der Waals surface area contributed by atoms with Crippen LogP contribution in [0.25, 0.3) is 10.8 Å². The van der Waals surface area contributed by atoms with Crippen molar-refractivity contribution in [3.05, 3.63) is 59.4 Å². The standard InChI is InChI=1S/C18H14F2O5/c1-17(2)24-15(22)13(16(23)25-17)14(21)18(19,20)12-9-5-7-10-6-3-4-8-11(10)12/h3-9,21H,1-2H3. The van der Waals surface area contributed by atoms with E-state index in [9.17, 15) is 23.5 Å². The lowest BCUT2D eigenvalue weighted by Gasteiger charge is -2.31.